The van der Waals surface area contributed by atoms with Crippen molar-refractivity contribution in [1.82, 2.24) is 19.9 Å². The first kappa shape index (κ1) is 16.3. The van der Waals surface area contributed by atoms with Crippen molar-refractivity contribution in [3.8, 4) is 28.0 Å². The van der Waals surface area contributed by atoms with E-state index in [1.165, 1.54) is 11.3 Å². The van der Waals surface area contributed by atoms with E-state index in [0.717, 1.165) is 33.7 Å². The summed E-state index contributed by atoms with van der Waals surface area (Å²) in [7, 11) is 3.27. The Kier molecular flexibility index (Phi) is 4.14. The van der Waals surface area contributed by atoms with Crippen molar-refractivity contribution in [3.63, 3.8) is 0 Å². The number of carbonyl (C=O) groups is 1. The smallest absolute Gasteiger partial charge is 0.261 e. The number of carbonyl (C=O) groups excluding carboxylic acids is 1. The highest BCUT2D eigenvalue weighted by atomic mass is 32.1. The number of rotatable bonds is 4. The van der Waals surface area contributed by atoms with E-state index in [9.17, 15) is 4.79 Å². The first-order chi connectivity index (χ1) is 12.7. The lowest BCUT2D eigenvalue weighted by Gasteiger charge is -2.04. The fourth-order valence-corrected chi connectivity index (χ4v) is 3.58. The Morgan fingerprint density at radius 2 is 1.96 bits per heavy atom. The van der Waals surface area contributed by atoms with Gasteiger partial charge < -0.3 is 10.1 Å². The minimum Gasteiger partial charge on any atom is -0.497 e. The van der Waals surface area contributed by atoms with E-state index in [0.29, 0.717) is 4.88 Å². The maximum absolute atomic E-state index is 11.8. The molecule has 0 radical (unpaired) electrons. The maximum atomic E-state index is 11.8. The van der Waals surface area contributed by atoms with E-state index >= 15 is 0 Å². The predicted molar refractivity (Wildman–Crippen MR) is 102 cm³/mol. The normalized spacial score (nSPS) is 10.8. The zero-order valence-electron chi connectivity index (χ0n) is 14.3. The van der Waals surface area contributed by atoms with Gasteiger partial charge >= 0.3 is 0 Å². The zero-order valence-corrected chi connectivity index (χ0v) is 15.1. The van der Waals surface area contributed by atoms with Crippen LogP contribution in [0.3, 0.4) is 0 Å². The van der Waals surface area contributed by atoms with E-state index in [2.05, 4.69) is 15.4 Å². The molecule has 3 aromatic heterocycles. The topological polar surface area (TPSA) is 68.5 Å². The van der Waals surface area contributed by atoms with Crippen molar-refractivity contribution in [1.29, 1.82) is 0 Å². The largest absolute Gasteiger partial charge is 0.497 e. The van der Waals surface area contributed by atoms with Gasteiger partial charge in [0.2, 0.25) is 0 Å². The molecule has 0 unspecified atom stereocenters. The van der Waals surface area contributed by atoms with Gasteiger partial charge in [0.15, 0.2) is 5.65 Å². The lowest BCUT2D eigenvalue weighted by Crippen LogP contribution is -2.15. The molecule has 3 heterocycles. The first-order valence-corrected chi connectivity index (χ1v) is 8.86. The standard InChI is InChI=1S/C19H16N4O2S/c1-20-19(24)17-7-13(11-26-17)16-9-22-23-10-14(8-21-18(16)23)12-3-5-15(25-2)6-4-12/h3-11H,1-2H3,(H,20,24). The average molecular weight is 364 g/mol. The molecule has 0 fully saturated rings. The van der Waals surface area contributed by atoms with Crippen LogP contribution in [-0.2, 0) is 0 Å². The van der Waals surface area contributed by atoms with Gasteiger partial charge in [0, 0.05) is 30.6 Å². The van der Waals surface area contributed by atoms with E-state index in [1.807, 2.05) is 48.1 Å². The SMILES string of the molecule is CNC(=O)c1cc(-c2cnn3cc(-c4ccc(OC)cc4)cnc23)cs1. The summed E-state index contributed by atoms with van der Waals surface area (Å²) in [5, 5.41) is 9.00. The minimum absolute atomic E-state index is 0.0903. The number of aromatic nitrogens is 3. The fourth-order valence-electron chi connectivity index (χ4n) is 2.73. The van der Waals surface area contributed by atoms with E-state index in [4.69, 9.17) is 4.74 Å². The molecular formula is C19H16N4O2S. The van der Waals surface area contributed by atoms with Gasteiger partial charge in [0.1, 0.15) is 5.75 Å². The van der Waals surface area contributed by atoms with Crippen LogP contribution in [0.2, 0.25) is 0 Å². The Labute approximate surface area is 154 Å². The number of nitrogens with one attached hydrogen (secondary N) is 1. The summed E-state index contributed by atoms with van der Waals surface area (Å²) < 4.78 is 6.95. The molecule has 1 amide bonds. The molecule has 0 spiro atoms. The van der Waals surface area contributed by atoms with Crippen LogP contribution in [-0.4, -0.2) is 34.7 Å². The molecule has 1 N–H and O–H groups in total. The van der Waals surface area contributed by atoms with Crippen LogP contribution in [0.25, 0.3) is 27.9 Å². The molecular weight excluding hydrogens is 348 g/mol. The van der Waals surface area contributed by atoms with Crippen molar-refractivity contribution in [2.75, 3.05) is 14.2 Å². The Balaban J connectivity index is 1.71. The zero-order chi connectivity index (χ0) is 18.1. The van der Waals surface area contributed by atoms with Crippen LogP contribution < -0.4 is 10.1 Å². The third-order valence-electron chi connectivity index (χ3n) is 4.14. The van der Waals surface area contributed by atoms with E-state index in [1.54, 1.807) is 24.9 Å². The molecule has 0 aliphatic carbocycles. The molecule has 1 aromatic carbocycles. The van der Waals surface area contributed by atoms with Gasteiger partial charge in [-0.05, 0) is 34.7 Å². The number of nitrogens with zero attached hydrogens (tertiary/aromatic N) is 3. The number of ether oxygens (including phenoxy) is 1. The molecule has 0 saturated carbocycles. The highest BCUT2D eigenvalue weighted by molar-refractivity contribution is 7.12. The Bertz CT molecular complexity index is 1080. The number of hydrogen-bond acceptors (Lipinski definition) is 5. The molecule has 130 valence electrons. The summed E-state index contributed by atoms with van der Waals surface area (Å²) in [5.74, 6) is 0.723. The van der Waals surface area contributed by atoms with Crippen molar-refractivity contribution in [3.05, 3.63) is 59.2 Å². The summed E-state index contributed by atoms with van der Waals surface area (Å²) in [6.07, 6.45) is 5.55. The second-order valence-electron chi connectivity index (χ2n) is 5.68. The average Bonchev–Trinajstić information content (AvgIpc) is 3.33. The lowest BCUT2D eigenvalue weighted by atomic mass is 10.1. The monoisotopic (exact) mass is 364 g/mol. The van der Waals surface area contributed by atoms with Crippen LogP contribution in [0.4, 0.5) is 0 Å². The van der Waals surface area contributed by atoms with Crippen molar-refractivity contribution < 1.29 is 9.53 Å². The summed E-state index contributed by atoms with van der Waals surface area (Å²) >= 11 is 1.40. The molecule has 7 heteroatoms. The fraction of sp³-hybridized carbons (Fsp3) is 0.105. The van der Waals surface area contributed by atoms with Gasteiger partial charge in [-0.2, -0.15) is 5.10 Å². The maximum Gasteiger partial charge on any atom is 0.261 e. The van der Waals surface area contributed by atoms with Gasteiger partial charge in [-0.15, -0.1) is 11.3 Å². The number of benzene rings is 1. The van der Waals surface area contributed by atoms with Crippen LogP contribution in [0.1, 0.15) is 9.67 Å². The predicted octanol–water partition coefficient (Wildman–Crippen LogP) is 3.49. The summed E-state index contributed by atoms with van der Waals surface area (Å²) in [6, 6.07) is 9.67. The summed E-state index contributed by atoms with van der Waals surface area (Å²) in [6.45, 7) is 0. The van der Waals surface area contributed by atoms with Gasteiger partial charge in [-0.25, -0.2) is 9.50 Å². The number of methoxy groups -OCH3 is 1. The minimum atomic E-state index is -0.0903. The third kappa shape index (κ3) is 2.82. The van der Waals surface area contributed by atoms with Crippen LogP contribution in [0.15, 0.2) is 54.3 Å². The van der Waals surface area contributed by atoms with Crippen LogP contribution >= 0.6 is 11.3 Å². The molecule has 0 aliphatic heterocycles. The second kappa shape index (κ2) is 6.61. The Morgan fingerprint density at radius 1 is 1.15 bits per heavy atom. The Morgan fingerprint density at radius 3 is 2.69 bits per heavy atom. The van der Waals surface area contributed by atoms with Gasteiger partial charge in [0.05, 0.1) is 18.2 Å². The second-order valence-corrected chi connectivity index (χ2v) is 6.59. The first-order valence-electron chi connectivity index (χ1n) is 7.98. The number of thiophene rings is 1. The third-order valence-corrected chi connectivity index (χ3v) is 5.07. The van der Waals surface area contributed by atoms with Gasteiger partial charge in [-0.1, -0.05) is 12.1 Å². The highest BCUT2D eigenvalue weighted by Crippen LogP contribution is 2.29. The molecule has 4 rings (SSSR count). The van der Waals surface area contributed by atoms with E-state index < -0.39 is 0 Å². The highest BCUT2D eigenvalue weighted by Gasteiger charge is 2.13. The number of hydrogen-bond donors (Lipinski definition) is 1. The number of fused-ring (bicyclic) bond motifs is 1. The van der Waals surface area contributed by atoms with Gasteiger partial charge in [0.25, 0.3) is 5.91 Å². The lowest BCUT2D eigenvalue weighted by molar-refractivity contribution is 0.0967. The van der Waals surface area contributed by atoms with E-state index in [-0.39, 0.29) is 5.91 Å². The van der Waals surface area contributed by atoms with Gasteiger partial charge in [-0.3, -0.25) is 4.79 Å². The molecule has 6 nitrogen and oxygen atoms in total. The molecule has 4 aromatic rings. The van der Waals surface area contributed by atoms with Crippen LogP contribution in [0, 0.1) is 0 Å². The van der Waals surface area contributed by atoms with Crippen molar-refractivity contribution in [2.24, 2.45) is 0 Å². The summed E-state index contributed by atoms with van der Waals surface area (Å²) in [5.41, 5.74) is 4.59. The number of amides is 1. The molecule has 0 bridgehead atoms. The quantitative estimate of drug-likeness (QED) is 0.602. The van der Waals surface area contributed by atoms with Crippen molar-refractivity contribution in [2.45, 2.75) is 0 Å². The molecule has 0 aliphatic rings. The van der Waals surface area contributed by atoms with Crippen LogP contribution in [0.5, 0.6) is 5.75 Å². The molecule has 26 heavy (non-hydrogen) atoms. The molecule has 0 atom stereocenters. The van der Waals surface area contributed by atoms with Crippen molar-refractivity contribution >= 4 is 22.9 Å². The molecule has 0 saturated heterocycles. The Hall–Kier alpha value is -3.19. The summed E-state index contributed by atoms with van der Waals surface area (Å²) in [4.78, 5) is 17.0.